The highest BCUT2D eigenvalue weighted by molar-refractivity contribution is 5.91. The second-order valence-electron chi connectivity index (χ2n) is 19.3. The van der Waals surface area contributed by atoms with Crippen molar-refractivity contribution in [3.05, 3.63) is 96.1 Å². The summed E-state index contributed by atoms with van der Waals surface area (Å²) in [5, 5.41) is 19.7. The Kier molecular flexibility index (Phi) is 31.7. The van der Waals surface area contributed by atoms with Crippen molar-refractivity contribution in [1.82, 2.24) is 0 Å². The van der Waals surface area contributed by atoms with E-state index in [2.05, 4.69) is 36.0 Å². The van der Waals surface area contributed by atoms with Crippen LogP contribution in [0.1, 0.15) is 229 Å². The number of rotatable bonds is 42. The molecule has 0 amide bonds. The largest absolute Gasteiger partial charge is 0.507 e. The maximum absolute atomic E-state index is 13.3. The molecule has 9 nitrogen and oxygen atoms in total. The number of hydrogen-bond donors (Lipinski definition) is 1. The Morgan fingerprint density at radius 1 is 0.437 bits per heavy atom. The van der Waals surface area contributed by atoms with Gasteiger partial charge < -0.3 is 24.1 Å². The highest BCUT2D eigenvalue weighted by Crippen LogP contribution is 2.34. The molecule has 0 spiro atoms. The molecule has 0 saturated carbocycles. The molecule has 0 aliphatic rings. The van der Waals surface area contributed by atoms with Crippen LogP contribution >= 0.6 is 0 Å². The van der Waals surface area contributed by atoms with E-state index in [4.69, 9.17) is 18.9 Å². The number of esters is 1. The van der Waals surface area contributed by atoms with Crippen LogP contribution in [0.4, 0.5) is 17.1 Å². The molecule has 0 fully saturated rings. The zero-order valence-electron chi connectivity index (χ0n) is 44.3. The zero-order valence-corrected chi connectivity index (χ0v) is 44.3. The summed E-state index contributed by atoms with van der Waals surface area (Å²) >= 11 is 0. The molecule has 0 unspecified atom stereocenters. The van der Waals surface area contributed by atoms with Gasteiger partial charge in [0.2, 0.25) is 0 Å². The molecule has 9 heteroatoms. The molecule has 4 rings (SSSR count). The summed E-state index contributed by atoms with van der Waals surface area (Å²) in [7, 11) is 0. The quantitative estimate of drug-likeness (QED) is 0.0156. The molecule has 4 aromatic rings. The topological polar surface area (TPSA) is 111 Å². The third-order valence-electron chi connectivity index (χ3n) is 13.0. The number of unbranched alkanes of at least 4 members (excludes halogenated alkanes) is 27. The molecule has 0 atom stereocenters. The number of phenolic OH excluding ortho intramolecular Hbond substituents is 1. The Morgan fingerprint density at radius 2 is 0.859 bits per heavy atom. The van der Waals surface area contributed by atoms with Gasteiger partial charge in [0.05, 0.1) is 36.8 Å². The third kappa shape index (κ3) is 26.7. The first-order valence-electron chi connectivity index (χ1n) is 28.2. The Labute approximate surface area is 429 Å². The van der Waals surface area contributed by atoms with Gasteiger partial charge in [-0.15, -0.1) is 5.11 Å². The van der Waals surface area contributed by atoms with Gasteiger partial charge in [0.1, 0.15) is 28.7 Å². The SMILES string of the molecule is CCCCCCCCCCCCOc1ccc(C(=O)Oc2ccc(N=Nc3ccc(N=Cc4ccc(OCCCCCCCCCCCC)cc4O)cc3)c(OCCCCCCCCCCCC)c2)cc1. The Morgan fingerprint density at radius 3 is 1.35 bits per heavy atom. The van der Waals surface area contributed by atoms with E-state index in [0.29, 0.717) is 65.3 Å². The molecule has 0 radical (unpaired) electrons. The van der Waals surface area contributed by atoms with E-state index in [1.807, 2.05) is 48.5 Å². The van der Waals surface area contributed by atoms with E-state index in [-0.39, 0.29) is 5.75 Å². The molecule has 0 saturated heterocycles. The Hall–Kier alpha value is -5.18. The number of hydrogen-bond acceptors (Lipinski definition) is 9. The lowest BCUT2D eigenvalue weighted by Gasteiger charge is -2.11. The molecule has 4 aromatic carbocycles. The number of carbonyl (C=O) groups excluding carboxylic acids is 1. The molecule has 0 bridgehead atoms. The minimum Gasteiger partial charge on any atom is -0.507 e. The molecule has 0 aliphatic heterocycles. The van der Waals surface area contributed by atoms with Crippen LogP contribution in [-0.4, -0.2) is 37.1 Å². The summed E-state index contributed by atoms with van der Waals surface area (Å²) < 4.78 is 24.0. The minimum absolute atomic E-state index is 0.126. The van der Waals surface area contributed by atoms with Crippen LogP contribution in [-0.2, 0) is 0 Å². The van der Waals surface area contributed by atoms with Crippen molar-refractivity contribution in [2.45, 2.75) is 213 Å². The van der Waals surface area contributed by atoms with Gasteiger partial charge in [0.15, 0.2) is 5.75 Å². The van der Waals surface area contributed by atoms with E-state index >= 15 is 0 Å². The molecule has 1 N–H and O–H groups in total. The molecule has 390 valence electrons. The first-order chi connectivity index (χ1) is 35.0. The number of benzene rings is 4. The number of carbonyl (C=O) groups is 1. The van der Waals surface area contributed by atoms with E-state index in [1.165, 1.54) is 167 Å². The standard InChI is InChI=1S/C62H91N3O6/c1-4-7-10-13-16-19-22-25-28-31-46-68-56-41-34-52(35-42-56)62(67)71-58-44-45-59(61(50-58)70-48-33-30-27-24-21-18-15-12-9-6-3)65-64-55-39-37-54(38-40-55)63-51-53-36-43-57(49-60(53)66)69-47-32-29-26-23-20-17-14-11-8-5-2/h34-45,49-51,66H,4-33,46-48H2,1-3H3. The fraction of sp³-hybridized carbons (Fsp3) is 0.581. The average molecular weight is 974 g/mol. The lowest BCUT2D eigenvalue weighted by molar-refractivity contribution is 0.0734. The van der Waals surface area contributed by atoms with E-state index < -0.39 is 5.97 Å². The summed E-state index contributed by atoms with van der Waals surface area (Å²) in [6.45, 7) is 8.62. The molecule has 71 heavy (non-hydrogen) atoms. The van der Waals surface area contributed by atoms with Crippen molar-refractivity contribution in [3.63, 3.8) is 0 Å². The van der Waals surface area contributed by atoms with Crippen molar-refractivity contribution in [3.8, 4) is 28.7 Å². The fourth-order valence-electron chi connectivity index (χ4n) is 8.52. The molecule has 0 aromatic heterocycles. The summed E-state index contributed by atoms with van der Waals surface area (Å²) in [6.07, 6.45) is 39.6. The smallest absolute Gasteiger partial charge is 0.343 e. The van der Waals surface area contributed by atoms with Gasteiger partial charge in [-0.05, 0) is 92.1 Å². The maximum atomic E-state index is 13.3. The first-order valence-corrected chi connectivity index (χ1v) is 28.2. The number of nitrogens with zero attached hydrogens (tertiary/aromatic N) is 3. The second kappa shape index (κ2) is 38.5. The summed E-state index contributed by atoms with van der Waals surface area (Å²) in [6, 6.07) is 25.1. The van der Waals surface area contributed by atoms with Crippen LogP contribution in [0.3, 0.4) is 0 Å². The fourth-order valence-corrected chi connectivity index (χ4v) is 8.52. The number of phenols is 1. The van der Waals surface area contributed by atoms with Crippen LogP contribution < -0.4 is 18.9 Å². The van der Waals surface area contributed by atoms with E-state index in [0.717, 1.165) is 31.4 Å². The van der Waals surface area contributed by atoms with Crippen LogP contribution in [0.2, 0.25) is 0 Å². The summed E-state index contributed by atoms with van der Waals surface area (Å²) in [4.78, 5) is 17.8. The maximum Gasteiger partial charge on any atom is 0.343 e. The van der Waals surface area contributed by atoms with Crippen LogP contribution in [0, 0.1) is 0 Å². The van der Waals surface area contributed by atoms with Crippen molar-refractivity contribution in [2.24, 2.45) is 15.2 Å². The predicted molar refractivity (Wildman–Crippen MR) is 296 cm³/mol. The lowest BCUT2D eigenvalue weighted by Crippen LogP contribution is -2.08. The normalized spacial score (nSPS) is 11.5. The van der Waals surface area contributed by atoms with Crippen molar-refractivity contribution in [2.75, 3.05) is 19.8 Å². The second-order valence-corrected chi connectivity index (χ2v) is 19.3. The molecule has 0 aliphatic carbocycles. The number of ether oxygens (including phenoxy) is 4. The Bertz CT molecular complexity index is 2030. The molecule has 0 heterocycles. The highest BCUT2D eigenvalue weighted by atomic mass is 16.5. The molecular formula is C62H91N3O6. The van der Waals surface area contributed by atoms with Gasteiger partial charge in [0, 0.05) is 23.9 Å². The van der Waals surface area contributed by atoms with Crippen LogP contribution in [0.5, 0.6) is 28.7 Å². The van der Waals surface area contributed by atoms with Gasteiger partial charge in [-0.1, -0.05) is 194 Å². The molecular weight excluding hydrogens is 883 g/mol. The minimum atomic E-state index is -0.458. The van der Waals surface area contributed by atoms with Gasteiger partial charge >= 0.3 is 5.97 Å². The number of aliphatic imine (C=N–C) groups is 1. The summed E-state index contributed by atoms with van der Waals surface area (Å²) in [5.74, 6) is 1.95. The zero-order chi connectivity index (χ0) is 50.2. The van der Waals surface area contributed by atoms with Gasteiger partial charge in [-0.2, -0.15) is 5.11 Å². The number of aromatic hydroxyl groups is 1. The van der Waals surface area contributed by atoms with Crippen molar-refractivity contribution >= 4 is 29.2 Å². The first kappa shape index (κ1) is 58.4. The third-order valence-corrected chi connectivity index (χ3v) is 13.0. The van der Waals surface area contributed by atoms with E-state index in [9.17, 15) is 9.90 Å². The van der Waals surface area contributed by atoms with Gasteiger partial charge in [-0.25, -0.2) is 4.79 Å². The Balaban J connectivity index is 1.26. The lowest BCUT2D eigenvalue weighted by atomic mass is 10.1. The van der Waals surface area contributed by atoms with Gasteiger partial charge in [-0.3, -0.25) is 4.99 Å². The number of azo groups is 1. The van der Waals surface area contributed by atoms with Crippen molar-refractivity contribution in [1.29, 1.82) is 0 Å². The highest BCUT2D eigenvalue weighted by Gasteiger charge is 2.13. The predicted octanol–water partition coefficient (Wildman–Crippen LogP) is 19.7. The van der Waals surface area contributed by atoms with E-state index in [1.54, 1.807) is 42.6 Å². The van der Waals surface area contributed by atoms with Crippen LogP contribution in [0.25, 0.3) is 0 Å². The van der Waals surface area contributed by atoms with Crippen LogP contribution in [0.15, 0.2) is 100 Å². The summed E-state index contributed by atoms with van der Waals surface area (Å²) in [5.41, 5.74) is 2.94. The van der Waals surface area contributed by atoms with Crippen molar-refractivity contribution < 1.29 is 28.8 Å². The van der Waals surface area contributed by atoms with Gasteiger partial charge in [0.25, 0.3) is 0 Å². The average Bonchev–Trinajstić information content (AvgIpc) is 3.38. The monoisotopic (exact) mass is 974 g/mol.